The standard InChI is InChI=1S/C14H18N2O4/c1-9-3-2-4-12(16(19)20)13(9)14(18)15-8-10-5-6-11(17)7-10/h2-4,10-11,17H,5-8H2,1H3,(H,15,18). The molecule has 0 radical (unpaired) electrons. The number of hydrogen-bond donors (Lipinski definition) is 2. The third-order valence-corrected chi connectivity index (χ3v) is 3.74. The van der Waals surface area contributed by atoms with Crippen molar-refractivity contribution in [2.45, 2.75) is 32.3 Å². The third-order valence-electron chi connectivity index (χ3n) is 3.74. The average Bonchev–Trinajstić information content (AvgIpc) is 2.81. The van der Waals surface area contributed by atoms with Gasteiger partial charge in [-0.1, -0.05) is 12.1 Å². The Morgan fingerprint density at radius 3 is 2.85 bits per heavy atom. The van der Waals surface area contributed by atoms with E-state index in [0.717, 1.165) is 12.8 Å². The van der Waals surface area contributed by atoms with Crippen molar-refractivity contribution in [2.24, 2.45) is 5.92 Å². The zero-order chi connectivity index (χ0) is 14.7. The van der Waals surface area contributed by atoms with Gasteiger partial charge in [0, 0.05) is 12.6 Å². The van der Waals surface area contributed by atoms with Gasteiger partial charge < -0.3 is 10.4 Å². The maximum Gasteiger partial charge on any atom is 0.282 e. The molecule has 1 aromatic rings. The molecule has 2 N–H and O–H groups in total. The van der Waals surface area contributed by atoms with Gasteiger partial charge in [-0.25, -0.2) is 0 Å². The van der Waals surface area contributed by atoms with Crippen molar-refractivity contribution in [1.82, 2.24) is 5.32 Å². The summed E-state index contributed by atoms with van der Waals surface area (Å²) in [4.78, 5) is 22.6. The molecule has 1 fully saturated rings. The number of benzene rings is 1. The molecule has 0 spiro atoms. The zero-order valence-electron chi connectivity index (χ0n) is 11.3. The van der Waals surface area contributed by atoms with Gasteiger partial charge in [-0.05, 0) is 37.7 Å². The van der Waals surface area contributed by atoms with Gasteiger partial charge in [-0.15, -0.1) is 0 Å². The van der Waals surface area contributed by atoms with Crippen LogP contribution in [0.5, 0.6) is 0 Å². The molecule has 0 heterocycles. The van der Waals surface area contributed by atoms with Crippen molar-refractivity contribution < 1.29 is 14.8 Å². The molecule has 108 valence electrons. The van der Waals surface area contributed by atoms with Gasteiger partial charge in [-0.3, -0.25) is 14.9 Å². The Hall–Kier alpha value is -1.95. The van der Waals surface area contributed by atoms with E-state index in [4.69, 9.17) is 0 Å². The molecular formula is C14H18N2O4. The monoisotopic (exact) mass is 278 g/mol. The highest BCUT2D eigenvalue weighted by Crippen LogP contribution is 2.25. The third kappa shape index (κ3) is 3.14. The van der Waals surface area contributed by atoms with Crippen LogP contribution < -0.4 is 5.32 Å². The van der Waals surface area contributed by atoms with E-state index in [1.807, 2.05) is 0 Å². The van der Waals surface area contributed by atoms with E-state index in [0.29, 0.717) is 18.5 Å². The minimum atomic E-state index is -0.540. The number of nitrogens with zero attached hydrogens (tertiary/aromatic N) is 1. The van der Waals surface area contributed by atoms with Gasteiger partial charge in [0.05, 0.1) is 11.0 Å². The molecule has 1 saturated carbocycles. The molecule has 0 aromatic heterocycles. The smallest absolute Gasteiger partial charge is 0.282 e. The average molecular weight is 278 g/mol. The van der Waals surface area contributed by atoms with Gasteiger partial charge in [0.2, 0.25) is 0 Å². The summed E-state index contributed by atoms with van der Waals surface area (Å²) in [6.45, 7) is 2.13. The molecule has 1 aliphatic rings. The number of aliphatic hydroxyl groups excluding tert-OH is 1. The lowest BCUT2D eigenvalue weighted by Gasteiger charge is -2.12. The Morgan fingerprint density at radius 2 is 2.25 bits per heavy atom. The van der Waals surface area contributed by atoms with E-state index in [9.17, 15) is 20.0 Å². The number of rotatable bonds is 4. The second-order valence-electron chi connectivity index (χ2n) is 5.27. The largest absolute Gasteiger partial charge is 0.393 e. The van der Waals surface area contributed by atoms with Gasteiger partial charge in [0.25, 0.3) is 11.6 Å². The van der Waals surface area contributed by atoms with Crippen LogP contribution in [0.3, 0.4) is 0 Å². The van der Waals surface area contributed by atoms with E-state index in [2.05, 4.69) is 5.32 Å². The number of amides is 1. The van der Waals surface area contributed by atoms with Crippen LogP contribution in [0, 0.1) is 23.0 Å². The highest BCUT2D eigenvalue weighted by atomic mass is 16.6. The molecule has 6 nitrogen and oxygen atoms in total. The Morgan fingerprint density at radius 1 is 1.50 bits per heavy atom. The van der Waals surface area contributed by atoms with Crippen LogP contribution in [0.25, 0.3) is 0 Å². The van der Waals surface area contributed by atoms with E-state index in [1.54, 1.807) is 19.1 Å². The lowest BCUT2D eigenvalue weighted by atomic mass is 10.0. The SMILES string of the molecule is Cc1cccc([N+](=O)[O-])c1C(=O)NCC1CCC(O)C1. The first-order valence-electron chi connectivity index (χ1n) is 6.69. The second kappa shape index (κ2) is 6.00. The molecule has 2 unspecified atom stereocenters. The Bertz CT molecular complexity index is 530. The first-order chi connectivity index (χ1) is 9.49. The van der Waals surface area contributed by atoms with Crippen LogP contribution in [-0.2, 0) is 0 Å². The fourth-order valence-corrected chi connectivity index (χ4v) is 2.66. The topological polar surface area (TPSA) is 92.5 Å². The molecule has 0 bridgehead atoms. The fourth-order valence-electron chi connectivity index (χ4n) is 2.66. The number of aryl methyl sites for hydroxylation is 1. The molecule has 0 aliphatic heterocycles. The van der Waals surface area contributed by atoms with E-state index >= 15 is 0 Å². The van der Waals surface area contributed by atoms with Gasteiger partial charge in [0.15, 0.2) is 0 Å². The van der Waals surface area contributed by atoms with E-state index < -0.39 is 10.8 Å². The van der Waals surface area contributed by atoms with Crippen molar-refractivity contribution in [3.8, 4) is 0 Å². The molecule has 2 rings (SSSR count). The van der Waals surface area contributed by atoms with Gasteiger partial charge in [-0.2, -0.15) is 0 Å². The molecule has 0 saturated heterocycles. The summed E-state index contributed by atoms with van der Waals surface area (Å²) in [5.41, 5.74) is 0.535. The number of hydrogen-bond acceptors (Lipinski definition) is 4. The summed E-state index contributed by atoms with van der Waals surface area (Å²) in [6, 6.07) is 4.58. The number of nitrogens with one attached hydrogen (secondary N) is 1. The Kier molecular flexibility index (Phi) is 4.34. The molecular weight excluding hydrogens is 260 g/mol. The lowest BCUT2D eigenvalue weighted by molar-refractivity contribution is -0.385. The van der Waals surface area contributed by atoms with Crippen LogP contribution in [0.15, 0.2) is 18.2 Å². The van der Waals surface area contributed by atoms with Crippen LogP contribution in [0.1, 0.15) is 35.2 Å². The predicted octanol–water partition coefficient (Wildman–Crippen LogP) is 1.79. The van der Waals surface area contributed by atoms with Crippen molar-refractivity contribution in [3.63, 3.8) is 0 Å². The summed E-state index contributed by atoms with van der Waals surface area (Å²) in [6.07, 6.45) is 2.02. The number of nitro benzene ring substituents is 1. The predicted molar refractivity (Wildman–Crippen MR) is 73.5 cm³/mol. The van der Waals surface area contributed by atoms with Gasteiger partial charge in [0.1, 0.15) is 5.56 Å². The van der Waals surface area contributed by atoms with E-state index in [-0.39, 0.29) is 23.3 Å². The molecule has 1 amide bonds. The number of nitro groups is 1. The molecule has 1 aliphatic carbocycles. The summed E-state index contributed by atoms with van der Waals surface area (Å²) in [5, 5.41) is 23.2. The number of aliphatic hydroxyl groups is 1. The quantitative estimate of drug-likeness (QED) is 0.648. The van der Waals surface area contributed by atoms with Crippen LogP contribution in [0.4, 0.5) is 5.69 Å². The Balaban J connectivity index is 2.07. The summed E-state index contributed by atoms with van der Waals surface area (Å²) in [5.74, 6) is -0.173. The lowest BCUT2D eigenvalue weighted by Crippen LogP contribution is -2.29. The zero-order valence-corrected chi connectivity index (χ0v) is 11.3. The summed E-state index contributed by atoms with van der Waals surface area (Å²) < 4.78 is 0. The Labute approximate surface area is 117 Å². The summed E-state index contributed by atoms with van der Waals surface area (Å²) >= 11 is 0. The minimum Gasteiger partial charge on any atom is -0.393 e. The van der Waals surface area contributed by atoms with Crippen molar-refractivity contribution in [1.29, 1.82) is 0 Å². The summed E-state index contributed by atoms with van der Waals surface area (Å²) in [7, 11) is 0. The second-order valence-corrected chi connectivity index (χ2v) is 5.27. The highest BCUT2D eigenvalue weighted by molar-refractivity contribution is 5.99. The van der Waals surface area contributed by atoms with Crippen LogP contribution in [-0.4, -0.2) is 28.6 Å². The van der Waals surface area contributed by atoms with Crippen LogP contribution in [0.2, 0.25) is 0 Å². The molecule has 20 heavy (non-hydrogen) atoms. The number of carbonyl (C=O) groups is 1. The normalized spacial score (nSPS) is 21.7. The molecule has 6 heteroatoms. The first kappa shape index (κ1) is 14.5. The van der Waals surface area contributed by atoms with E-state index in [1.165, 1.54) is 6.07 Å². The number of carbonyl (C=O) groups excluding carboxylic acids is 1. The minimum absolute atomic E-state index is 0.121. The van der Waals surface area contributed by atoms with Gasteiger partial charge >= 0.3 is 0 Å². The first-order valence-corrected chi connectivity index (χ1v) is 6.69. The van der Waals surface area contributed by atoms with Crippen molar-refractivity contribution in [3.05, 3.63) is 39.4 Å². The van der Waals surface area contributed by atoms with Crippen molar-refractivity contribution >= 4 is 11.6 Å². The highest BCUT2D eigenvalue weighted by Gasteiger charge is 2.25. The van der Waals surface area contributed by atoms with Crippen LogP contribution >= 0.6 is 0 Å². The maximum atomic E-state index is 12.2. The fraction of sp³-hybridized carbons (Fsp3) is 0.500. The maximum absolute atomic E-state index is 12.2. The van der Waals surface area contributed by atoms with Crippen molar-refractivity contribution in [2.75, 3.05) is 6.54 Å². The molecule has 2 atom stereocenters. The molecule has 1 aromatic carbocycles.